The Labute approximate surface area is 129 Å². The van der Waals surface area contributed by atoms with Gasteiger partial charge >= 0.3 is 0 Å². The lowest BCUT2D eigenvalue weighted by atomic mass is 10.00. The third kappa shape index (κ3) is 2.67. The molecule has 0 saturated carbocycles. The Morgan fingerprint density at radius 2 is 1.55 bits per heavy atom. The number of rotatable bonds is 3. The van der Waals surface area contributed by atoms with E-state index in [0.29, 0.717) is 10.7 Å². The van der Waals surface area contributed by atoms with Gasteiger partial charge in [0.05, 0.1) is 16.2 Å². The number of benzene rings is 2. The summed E-state index contributed by atoms with van der Waals surface area (Å²) in [5, 5.41) is 4.05. The molecular weight excluding hydrogens is 298 g/mol. The monoisotopic (exact) mass is 313 g/mol. The Balaban J connectivity index is 2.12. The van der Waals surface area contributed by atoms with Gasteiger partial charge in [-0.15, -0.1) is 0 Å². The molecule has 0 unspecified atom stereocenters. The molecule has 0 spiro atoms. The lowest BCUT2D eigenvalue weighted by molar-refractivity contribution is 0.427. The van der Waals surface area contributed by atoms with Crippen LogP contribution in [-0.2, 0) is 9.84 Å². The van der Waals surface area contributed by atoms with E-state index in [9.17, 15) is 8.42 Å². The van der Waals surface area contributed by atoms with Gasteiger partial charge in [-0.3, -0.25) is 0 Å². The van der Waals surface area contributed by atoms with Crippen LogP contribution in [0.4, 0.5) is 0 Å². The molecule has 3 aromatic rings. The molecule has 0 N–H and O–H groups in total. The van der Waals surface area contributed by atoms with Crippen molar-refractivity contribution in [3.63, 3.8) is 0 Å². The van der Waals surface area contributed by atoms with Crippen LogP contribution in [0.15, 0.2) is 64.0 Å². The first kappa shape index (κ1) is 14.5. The normalized spacial score (nSPS) is 11.5. The fourth-order valence-electron chi connectivity index (χ4n) is 2.37. The van der Waals surface area contributed by atoms with Crippen LogP contribution in [0, 0.1) is 6.92 Å². The lowest BCUT2D eigenvalue weighted by Crippen LogP contribution is -1.96. The number of nitrogens with zero attached hydrogens (tertiary/aromatic N) is 1. The first-order valence-electron chi connectivity index (χ1n) is 6.79. The Hall–Kier alpha value is -2.40. The SMILES string of the molecule is Cc1noc(-c2ccccc2)c1-c1ccc(S(C)(=O)=O)cc1. The van der Waals surface area contributed by atoms with Crippen LogP contribution in [0.2, 0.25) is 0 Å². The minimum atomic E-state index is -3.20. The third-order valence-corrected chi connectivity index (χ3v) is 4.60. The molecule has 5 heteroatoms. The average molecular weight is 313 g/mol. The molecule has 0 aliphatic heterocycles. The van der Waals surface area contributed by atoms with Crippen LogP contribution in [0.3, 0.4) is 0 Å². The molecule has 0 atom stereocenters. The second kappa shape index (κ2) is 5.42. The number of hydrogen-bond acceptors (Lipinski definition) is 4. The molecule has 0 amide bonds. The summed E-state index contributed by atoms with van der Waals surface area (Å²) in [6.07, 6.45) is 1.20. The van der Waals surface area contributed by atoms with Crippen LogP contribution in [0.1, 0.15) is 5.69 Å². The molecule has 3 rings (SSSR count). The van der Waals surface area contributed by atoms with Gasteiger partial charge in [0, 0.05) is 11.8 Å². The average Bonchev–Trinajstić information content (AvgIpc) is 2.89. The molecule has 4 nitrogen and oxygen atoms in total. The van der Waals surface area contributed by atoms with Gasteiger partial charge in [0.1, 0.15) is 0 Å². The molecule has 0 saturated heterocycles. The van der Waals surface area contributed by atoms with E-state index in [1.54, 1.807) is 24.3 Å². The van der Waals surface area contributed by atoms with Crippen molar-refractivity contribution in [2.75, 3.05) is 6.26 Å². The molecule has 2 aromatic carbocycles. The van der Waals surface area contributed by atoms with E-state index in [0.717, 1.165) is 22.4 Å². The second-order valence-electron chi connectivity index (χ2n) is 5.13. The van der Waals surface area contributed by atoms with Gasteiger partial charge in [0.15, 0.2) is 15.6 Å². The van der Waals surface area contributed by atoms with Crippen molar-refractivity contribution in [1.82, 2.24) is 5.16 Å². The molecule has 1 aromatic heterocycles. The first-order chi connectivity index (χ1) is 10.5. The highest BCUT2D eigenvalue weighted by Gasteiger charge is 2.17. The molecule has 0 radical (unpaired) electrons. The van der Waals surface area contributed by atoms with Crippen molar-refractivity contribution in [3.8, 4) is 22.5 Å². The summed E-state index contributed by atoms with van der Waals surface area (Å²) in [6.45, 7) is 1.87. The summed E-state index contributed by atoms with van der Waals surface area (Å²) < 4.78 is 28.6. The Morgan fingerprint density at radius 3 is 2.14 bits per heavy atom. The summed E-state index contributed by atoms with van der Waals surface area (Å²) >= 11 is 0. The summed E-state index contributed by atoms with van der Waals surface area (Å²) in [7, 11) is -3.20. The third-order valence-electron chi connectivity index (χ3n) is 3.47. The van der Waals surface area contributed by atoms with E-state index in [4.69, 9.17) is 4.52 Å². The summed E-state index contributed by atoms with van der Waals surface area (Å²) in [4.78, 5) is 0.298. The second-order valence-corrected chi connectivity index (χ2v) is 7.15. The molecule has 112 valence electrons. The molecule has 0 fully saturated rings. The summed E-state index contributed by atoms with van der Waals surface area (Å²) in [5.41, 5.74) is 3.47. The predicted octanol–water partition coefficient (Wildman–Crippen LogP) is 3.72. The lowest BCUT2D eigenvalue weighted by Gasteiger charge is -2.04. The number of aryl methyl sites for hydroxylation is 1. The van der Waals surface area contributed by atoms with E-state index in [1.165, 1.54) is 6.26 Å². The van der Waals surface area contributed by atoms with Crippen molar-refractivity contribution in [3.05, 3.63) is 60.3 Å². The van der Waals surface area contributed by atoms with Crippen molar-refractivity contribution in [2.24, 2.45) is 0 Å². The standard InChI is InChI=1S/C17H15NO3S/c1-12-16(13-8-10-15(11-9-13)22(2,19)20)17(21-18-12)14-6-4-3-5-7-14/h3-11H,1-2H3. The smallest absolute Gasteiger partial charge is 0.175 e. The van der Waals surface area contributed by atoms with Gasteiger partial charge < -0.3 is 4.52 Å². The number of sulfone groups is 1. The van der Waals surface area contributed by atoms with Crippen LogP contribution in [-0.4, -0.2) is 19.8 Å². The first-order valence-corrected chi connectivity index (χ1v) is 8.68. The van der Waals surface area contributed by atoms with Crippen LogP contribution in [0.5, 0.6) is 0 Å². The van der Waals surface area contributed by atoms with Gasteiger partial charge in [-0.25, -0.2) is 8.42 Å². The molecular formula is C17H15NO3S. The minimum Gasteiger partial charge on any atom is -0.355 e. The van der Waals surface area contributed by atoms with Gasteiger partial charge in [0.25, 0.3) is 0 Å². The van der Waals surface area contributed by atoms with E-state index < -0.39 is 9.84 Å². The van der Waals surface area contributed by atoms with E-state index in [1.807, 2.05) is 37.3 Å². The number of hydrogen-bond donors (Lipinski definition) is 0. The maximum absolute atomic E-state index is 11.6. The van der Waals surface area contributed by atoms with Crippen LogP contribution in [0.25, 0.3) is 22.5 Å². The maximum Gasteiger partial charge on any atom is 0.175 e. The molecule has 1 heterocycles. The summed E-state index contributed by atoms with van der Waals surface area (Å²) in [5.74, 6) is 0.685. The van der Waals surface area contributed by atoms with Crippen LogP contribution < -0.4 is 0 Å². The predicted molar refractivity (Wildman–Crippen MR) is 85.2 cm³/mol. The van der Waals surface area contributed by atoms with Crippen molar-refractivity contribution in [1.29, 1.82) is 0 Å². The zero-order valence-corrected chi connectivity index (χ0v) is 13.1. The minimum absolute atomic E-state index is 0.298. The quantitative estimate of drug-likeness (QED) is 0.739. The zero-order chi connectivity index (χ0) is 15.7. The highest BCUT2D eigenvalue weighted by Crippen LogP contribution is 2.35. The van der Waals surface area contributed by atoms with E-state index in [2.05, 4.69) is 5.16 Å². The molecule has 0 aliphatic carbocycles. The molecule has 22 heavy (non-hydrogen) atoms. The number of aromatic nitrogens is 1. The highest BCUT2D eigenvalue weighted by molar-refractivity contribution is 7.90. The summed E-state index contributed by atoms with van der Waals surface area (Å²) in [6, 6.07) is 16.5. The van der Waals surface area contributed by atoms with Gasteiger partial charge in [-0.2, -0.15) is 0 Å². The van der Waals surface area contributed by atoms with Gasteiger partial charge in [0.2, 0.25) is 0 Å². The van der Waals surface area contributed by atoms with E-state index in [-0.39, 0.29) is 0 Å². The Kier molecular flexibility index (Phi) is 3.58. The van der Waals surface area contributed by atoms with Crippen molar-refractivity contribution >= 4 is 9.84 Å². The Morgan fingerprint density at radius 1 is 0.909 bits per heavy atom. The highest BCUT2D eigenvalue weighted by atomic mass is 32.2. The van der Waals surface area contributed by atoms with Crippen LogP contribution >= 0.6 is 0 Å². The fourth-order valence-corrected chi connectivity index (χ4v) is 3.00. The van der Waals surface area contributed by atoms with E-state index >= 15 is 0 Å². The fraction of sp³-hybridized carbons (Fsp3) is 0.118. The molecule has 0 bridgehead atoms. The molecule has 0 aliphatic rings. The zero-order valence-electron chi connectivity index (χ0n) is 12.3. The van der Waals surface area contributed by atoms with Crippen molar-refractivity contribution in [2.45, 2.75) is 11.8 Å². The van der Waals surface area contributed by atoms with Gasteiger partial charge in [-0.1, -0.05) is 47.6 Å². The van der Waals surface area contributed by atoms with Crippen molar-refractivity contribution < 1.29 is 12.9 Å². The largest absolute Gasteiger partial charge is 0.355 e. The van der Waals surface area contributed by atoms with Gasteiger partial charge in [-0.05, 0) is 24.6 Å². The Bertz CT molecular complexity index is 895. The topological polar surface area (TPSA) is 60.2 Å². The maximum atomic E-state index is 11.6.